The Kier molecular flexibility index (Phi) is 3.33. The molecule has 0 bridgehead atoms. The summed E-state index contributed by atoms with van der Waals surface area (Å²) >= 11 is 0. The molecule has 1 aromatic heterocycles. The fourth-order valence-electron chi connectivity index (χ4n) is 2.35. The van der Waals surface area contributed by atoms with Crippen molar-refractivity contribution in [1.82, 2.24) is 9.97 Å². The van der Waals surface area contributed by atoms with Gasteiger partial charge in [0.1, 0.15) is 11.6 Å². The lowest BCUT2D eigenvalue weighted by Crippen LogP contribution is -1.98. The molecule has 0 amide bonds. The highest BCUT2D eigenvalue weighted by Gasteiger charge is 2.13. The predicted octanol–water partition coefficient (Wildman–Crippen LogP) is 3.59. The smallest absolute Gasteiger partial charge is 0.118 e. The third-order valence-corrected chi connectivity index (χ3v) is 3.66. The molecular formula is C17H15N3O. The first-order chi connectivity index (χ1) is 10.2. The number of hydrogen-bond donors (Lipinski definition) is 1. The summed E-state index contributed by atoms with van der Waals surface area (Å²) in [6, 6.07) is 15.6. The van der Waals surface area contributed by atoms with Gasteiger partial charge in [-0.1, -0.05) is 19.1 Å². The standard InChI is InChI=1S/C17H15N3O/c1-11(13-4-6-14(21-2)7-5-13)17-19-15-8-3-12(10-18)9-16(15)20-17/h3-9,11H,1-2H3,(H,19,20). The Morgan fingerprint density at radius 3 is 2.62 bits per heavy atom. The number of H-pyrrole nitrogens is 1. The summed E-state index contributed by atoms with van der Waals surface area (Å²) in [5, 5.41) is 8.94. The van der Waals surface area contributed by atoms with Gasteiger partial charge in [0.05, 0.1) is 29.8 Å². The second kappa shape index (κ2) is 5.29. The van der Waals surface area contributed by atoms with Crippen molar-refractivity contribution in [2.24, 2.45) is 0 Å². The minimum atomic E-state index is 0.147. The van der Waals surface area contributed by atoms with Crippen molar-refractivity contribution in [1.29, 1.82) is 5.26 Å². The van der Waals surface area contributed by atoms with Crippen LogP contribution in [0.1, 0.15) is 29.8 Å². The third kappa shape index (κ3) is 2.46. The minimum Gasteiger partial charge on any atom is -0.497 e. The number of nitrogens with one attached hydrogen (secondary N) is 1. The quantitative estimate of drug-likeness (QED) is 0.795. The zero-order chi connectivity index (χ0) is 14.8. The van der Waals surface area contributed by atoms with Gasteiger partial charge in [-0.3, -0.25) is 0 Å². The van der Waals surface area contributed by atoms with E-state index in [-0.39, 0.29) is 5.92 Å². The van der Waals surface area contributed by atoms with Crippen LogP contribution in [0.15, 0.2) is 42.5 Å². The fraction of sp³-hybridized carbons (Fsp3) is 0.176. The van der Waals surface area contributed by atoms with Gasteiger partial charge in [-0.25, -0.2) is 4.98 Å². The van der Waals surface area contributed by atoms with E-state index in [0.717, 1.165) is 28.2 Å². The predicted molar refractivity (Wildman–Crippen MR) is 81.3 cm³/mol. The molecule has 0 aliphatic heterocycles. The van der Waals surface area contributed by atoms with Crippen molar-refractivity contribution in [2.45, 2.75) is 12.8 Å². The van der Waals surface area contributed by atoms with E-state index >= 15 is 0 Å². The number of benzene rings is 2. The van der Waals surface area contributed by atoms with Gasteiger partial charge < -0.3 is 9.72 Å². The molecule has 1 atom stereocenters. The van der Waals surface area contributed by atoms with Crippen molar-refractivity contribution in [3.63, 3.8) is 0 Å². The second-order valence-corrected chi connectivity index (χ2v) is 4.96. The van der Waals surface area contributed by atoms with Crippen molar-refractivity contribution >= 4 is 11.0 Å². The molecule has 21 heavy (non-hydrogen) atoms. The largest absolute Gasteiger partial charge is 0.497 e. The van der Waals surface area contributed by atoms with E-state index in [1.165, 1.54) is 0 Å². The fourth-order valence-corrected chi connectivity index (χ4v) is 2.35. The summed E-state index contributed by atoms with van der Waals surface area (Å²) in [5.74, 6) is 1.88. The third-order valence-electron chi connectivity index (χ3n) is 3.66. The molecule has 0 fully saturated rings. The number of rotatable bonds is 3. The highest BCUT2D eigenvalue weighted by Crippen LogP contribution is 2.26. The molecule has 0 saturated heterocycles. The van der Waals surface area contributed by atoms with E-state index in [1.54, 1.807) is 13.2 Å². The molecule has 1 heterocycles. The summed E-state index contributed by atoms with van der Waals surface area (Å²) in [5.41, 5.74) is 3.57. The van der Waals surface area contributed by atoms with Gasteiger partial charge >= 0.3 is 0 Å². The summed E-state index contributed by atoms with van der Waals surface area (Å²) in [6.45, 7) is 2.10. The number of imidazole rings is 1. The molecule has 1 N–H and O–H groups in total. The molecule has 3 rings (SSSR count). The van der Waals surface area contributed by atoms with Gasteiger partial charge in [-0.15, -0.1) is 0 Å². The number of fused-ring (bicyclic) bond motifs is 1. The summed E-state index contributed by atoms with van der Waals surface area (Å²) in [6.07, 6.45) is 0. The lowest BCUT2D eigenvalue weighted by atomic mass is 10.0. The molecule has 2 aromatic carbocycles. The Morgan fingerprint density at radius 1 is 1.19 bits per heavy atom. The van der Waals surface area contributed by atoms with Crippen LogP contribution in [0.25, 0.3) is 11.0 Å². The maximum Gasteiger partial charge on any atom is 0.118 e. The maximum absolute atomic E-state index is 8.94. The molecule has 0 aliphatic rings. The van der Waals surface area contributed by atoms with Gasteiger partial charge in [0.25, 0.3) is 0 Å². The first-order valence-corrected chi connectivity index (χ1v) is 6.75. The molecule has 1 unspecified atom stereocenters. The van der Waals surface area contributed by atoms with Crippen LogP contribution in [0.3, 0.4) is 0 Å². The zero-order valence-electron chi connectivity index (χ0n) is 11.9. The molecular weight excluding hydrogens is 262 g/mol. The average Bonchev–Trinajstić information content (AvgIpc) is 2.97. The van der Waals surface area contributed by atoms with Crippen LogP contribution < -0.4 is 4.74 Å². The number of methoxy groups -OCH3 is 1. The number of nitriles is 1. The van der Waals surface area contributed by atoms with Crippen LogP contribution in [-0.2, 0) is 0 Å². The van der Waals surface area contributed by atoms with Crippen LogP contribution in [-0.4, -0.2) is 17.1 Å². The molecule has 0 spiro atoms. The Morgan fingerprint density at radius 2 is 1.95 bits per heavy atom. The summed E-state index contributed by atoms with van der Waals surface area (Å²) < 4.78 is 5.17. The van der Waals surface area contributed by atoms with Crippen molar-refractivity contribution in [3.05, 3.63) is 59.4 Å². The van der Waals surface area contributed by atoms with Crippen LogP contribution >= 0.6 is 0 Å². The number of nitrogens with zero attached hydrogens (tertiary/aromatic N) is 2. The van der Waals surface area contributed by atoms with Gasteiger partial charge in [-0.2, -0.15) is 5.26 Å². The first-order valence-electron chi connectivity index (χ1n) is 6.75. The van der Waals surface area contributed by atoms with Crippen molar-refractivity contribution in [2.75, 3.05) is 7.11 Å². The van der Waals surface area contributed by atoms with Crippen molar-refractivity contribution < 1.29 is 4.74 Å². The van der Waals surface area contributed by atoms with Crippen molar-refractivity contribution in [3.8, 4) is 11.8 Å². The molecule has 0 radical (unpaired) electrons. The highest BCUT2D eigenvalue weighted by molar-refractivity contribution is 5.77. The molecule has 0 aliphatic carbocycles. The van der Waals surface area contributed by atoms with Gasteiger partial charge in [0.2, 0.25) is 0 Å². The number of hydrogen-bond acceptors (Lipinski definition) is 3. The molecule has 104 valence electrons. The molecule has 0 saturated carbocycles. The lowest BCUT2D eigenvalue weighted by molar-refractivity contribution is 0.414. The second-order valence-electron chi connectivity index (χ2n) is 4.96. The van der Waals surface area contributed by atoms with Crippen LogP contribution in [0.2, 0.25) is 0 Å². The maximum atomic E-state index is 8.94. The van der Waals surface area contributed by atoms with Gasteiger partial charge in [0.15, 0.2) is 0 Å². The van der Waals surface area contributed by atoms with E-state index in [4.69, 9.17) is 10.00 Å². The Hall–Kier alpha value is -2.80. The topological polar surface area (TPSA) is 61.7 Å². The van der Waals surface area contributed by atoms with Crippen LogP contribution in [0.5, 0.6) is 5.75 Å². The minimum absolute atomic E-state index is 0.147. The number of aromatic nitrogens is 2. The lowest BCUT2D eigenvalue weighted by Gasteiger charge is -2.09. The zero-order valence-corrected chi connectivity index (χ0v) is 11.9. The first kappa shape index (κ1) is 13.2. The van der Waals surface area contributed by atoms with Crippen LogP contribution in [0.4, 0.5) is 0 Å². The van der Waals surface area contributed by atoms with E-state index in [9.17, 15) is 0 Å². The molecule has 3 aromatic rings. The summed E-state index contributed by atoms with van der Waals surface area (Å²) in [7, 11) is 1.66. The van der Waals surface area contributed by atoms with Gasteiger partial charge in [-0.05, 0) is 35.9 Å². The molecule has 4 nitrogen and oxygen atoms in total. The average molecular weight is 277 g/mol. The van der Waals surface area contributed by atoms with E-state index in [1.807, 2.05) is 36.4 Å². The number of ether oxygens (including phenoxy) is 1. The number of aromatic amines is 1. The molecule has 4 heteroatoms. The van der Waals surface area contributed by atoms with E-state index in [0.29, 0.717) is 5.56 Å². The SMILES string of the molecule is COc1ccc(C(C)c2nc3ccc(C#N)cc3[nH]2)cc1. The monoisotopic (exact) mass is 277 g/mol. The van der Waals surface area contributed by atoms with E-state index < -0.39 is 0 Å². The van der Waals surface area contributed by atoms with Gasteiger partial charge in [0, 0.05) is 5.92 Å². The Labute approximate surface area is 123 Å². The highest BCUT2D eigenvalue weighted by atomic mass is 16.5. The van der Waals surface area contributed by atoms with Crippen LogP contribution in [0, 0.1) is 11.3 Å². The Bertz CT molecular complexity index is 812. The Balaban J connectivity index is 1.96. The summed E-state index contributed by atoms with van der Waals surface area (Å²) in [4.78, 5) is 7.91. The normalized spacial score (nSPS) is 12.0. The van der Waals surface area contributed by atoms with E-state index in [2.05, 4.69) is 23.0 Å².